The first-order chi connectivity index (χ1) is 7.53. The molecule has 0 N–H and O–H groups in total. The zero-order valence-corrected chi connectivity index (χ0v) is 11.6. The Kier molecular flexibility index (Phi) is 3.60. The first kappa shape index (κ1) is 12.4. The third-order valence-electron chi connectivity index (χ3n) is 5.52. The number of rotatable bonds is 3. The molecule has 0 saturated carbocycles. The van der Waals surface area contributed by atoms with Gasteiger partial charge in [-0.05, 0) is 33.7 Å². The van der Waals surface area contributed by atoms with Crippen molar-refractivity contribution in [2.24, 2.45) is 0 Å². The van der Waals surface area contributed by atoms with E-state index in [1.54, 1.807) is 0 Å². The molecule has 2 aliphatic heterocycles. The summed E-state index contributed by atoms with van der Waals surface area (Å²) in [4.78, 5) is 2.60. The van der Waals surface area contributed by atoms with Crippen molar-refractivity contribution in [1.82, 2.24) is 4.90 Å². The fourth-order valence-electron chi connectivity index (χ4n) is 3.60. The van der Waals surface area contributed by atoms with Gasteiger partial charge in [-0.3, -0.25) is 0 Å². The first-order valence-electron chi connectivity index (χ1n) is 7.09. The summed E-state index contributed by atoms with van der Waals surface area (Å²) in [5, 5.41) is 0. The maximum Gasteiger partial charge on any atom is 0.0861 e. The zero-order chi connectivity index (χ0) is 11.8. The van der Waals surface area contributed by atoms with Crippen molar-refractivity contribution in [3.05, 3.63) is 0 Å². The number of hydrogen-bond acceptors (Lipinski definition) is 1. The molecule has 2 aliphatic rings. The molecule has 0 aliphatic carbocycles. The second kappa shape index (κ2) is 4.66. The van der Waals surface area contributed by atoms with E-state index < -0.39 is 0 Å². The SMILES string of the molecule is CC1CCC(CC[N+]2(C)CCCC2C)N1C. The van der Waals surface area contributed by atoms with Crippen LogP contribution in [0.4, 0.5) is 0 Å². The van der Waals surface area contributed by atoms with Crippen LogP contribution < -0.4 is 0 Å². The molecule has 0 aromatic rings. The predicted molar refractivity (Wildman–Crippen MR) is 69.5 cm³/mol. The Labute approximate surface area is 101 Å². The summed E-state index contributed by atoms with van der Waals surface area (Å²) in [6.45, 7) is 7.61. The van der Waals surface area contributed by atoms with Crippen LogP contribution in [0.1, 0.15) is 46.0 Å². The van der Waals surface area contributed by atoms with Crippen LogP contribution in [0, 0.1) is 0 Å². The van der Waals surface area contributed by atoms with Gasteiger partial charge >= 0.3 is 0 Å². The fraction of sp³-hybridized carbons (Fsp3) is 1.00. The maximum absolute atomic E-state index is 2.60. The first-order valence-corrected chi connectivity index (χ1v) is 7.09. The van der Waals surface area contributed by atoms with Gasteiger partial charge < -0.3 is 9.38 Å². The van der Waals surface area contributed by atoms with E-state index in [0.717, 1.165) is 18.1 Å². The van der Waals surface area contributed by atoms with E-state index in [2.05, 4.69) is 32.8 Å². The topological polar surface area (TPSA) is 3.24 Å². The van der Waals surface area contributed by atoms with Gasteiger partial charge in [-0.15, -0.1) is 0 Å². The molecule has 0 radical (unpaired) electrons. The van der Waals surface area contributed by atoms with Gasteiger partial charge in [0.05, 0.1) is 26.2 Å². The van der Waals surface area contributed by atoms with Gasteiger partial charge in [-0.25, -0.2) is 0 Å². The third kappa shape index (κ3) is 2.28. The molecule has 0 amide bonds. The summed E-state index contributed by atoms with van der Waals surface area (Å²) in [5.41, 5.74) is 0. The van der Waals surface area contributed by atoms with Gasteiger partial charge in [-0.1, -0.05) is 0 Å². The molecule has 0 spiro atoms. The minimum atomic E-state index is 0.811. The van der Waals surface area contributed by atoms with E-state index in [9.17, 15) is 0 Å². The van der Waals surface area contributed by atoms with Crippen LogP contribution in [-0.4, -0.2) is 54.7 Å². The lowest BCUT2D eigenvalue weighted by molar-refractivity contribution is -0.919. The molecule has 4 atom stereocenters. The smallest absolute Gasteiger partial charge is 0.0861 e. The Balaban J connectivity index is 1.83. The summed E-state index contributed by atoms with van der Waals surface area (Å²) < 4.78 is 1.33. The molecule has 0 aromatic heterocycles. The van der Waals surface area contributed by atoms with Crippen LogP contribution in [0.5, 0.6) is 0 Å². The monoisotopic (exact) mass is 225 g/mol. The van der Waals surface area contributed by atoms with E-state index in [-0.39, 0.29) is 0 Å². The molecule has 2 rings (SSSR count). The van der Waals surface area contributed by atoms with Crippen LogP contribution in [0.3, 0.4) is 0 Å². The Morgan fingerprint density at radius 2 is 1.94 bits per heavy atom. The summed E-state index contributed by atoms with van der Waals surface area (Å²) in [7, 11) is 4.78. The number of hydrogen-bond donors (Lipinski definition) is 0. The van der Waals surface area contributed by atoms with Gasteiger partial charge in [-0.2, -0.15) is 0 Å². The molecule has 2 fully saturated rings. The molecule has 16 heavy (non-hydrogen) atoms. The Morgan fingerprint density at radius 3 is 2.44 bits per heavy atom. The van der Waals surface area contributed by atoms with E-state index in [0.29, 0.717) is 0 Å². The summed E-state index contributed by atoms with van der Waals surface area (Å²) in [6, 6.07) is 2.56. The van der Waals surface area contributed by atoms with Crippen LogP contribution in [0.15, 0.2) is 0 Å². The average Bonchev–Trinajstić information content (AvgIpc) is 2.73. The molecule has 94 valence electrons. The van der Waals surface area contributed by atoms with Crippen molar-refractivity contribution in [3.8, 4) is 0 Å². The van der Waals surface area contributed by atoms with Gasteiger partial charge in [0.15, 0.2) is 0 Å². The van der Waals surface area contributed by atoms with E-state index >= 15 is 0 Å². The minimum Gasteiger partial charge on any atom is -0.324 e. The highest BCUT2D eigenvalue weighted by Crippen LogP contribution is 2.29. The second-order valence-electron chi connectivity index (χ2n) is 6.45. The van der Waals surface area contributed by atoms with Crippen molar-refractivity contribution in [2.45, 2.75) is 64.1 Å². The van der Waals surface area contributed by atoms with E-state index in [4.69, 9.17) is 0 Å². The van der Waals surface area contributed by atoms with Crippen LogP contribution in [-0.2, 0) is 0 Å². The average molecular weight is 225 g/mol. The van der Waals surface area contributed by atoms with Crippen molar-refractivity contribution >= 4 is 0 Å². The molecule has 0 aromatic carbocycles. The van der Waals surface area contributed by atoms with Crippen molar-refractivity contribution < 1.29 is 4.48 Å². The summed E-state index contributed by atoms with van der Waals surface area (Å²) >= 11 is 0. The highest BCUT2D eigenvalue weighted by molar-refractivity contribution is 4.82. The van der Waals surface area contributed by atoms with Gasteiger partial charge in [0.1, 0.15) is 0 Å². The lowest BCUT2D eigenvalue weighted by Crippen LogP contribution is -2.48. The second-order valence-corrected chi connectivity index (χ2v) is 6.45. The zero-order valence-electron chi connectivity index (χ0n) is 11.6. The summed E-state index contributed by atoms with van der Waals surface area (Å²) in [6.07, 6.45) is 7.11. The minimum absolute atomic E-state index is 0.811. The third-order valence-corrected chi connectivity index (χ3v) is 5.52. The van der Waals surface area contributed by atoms with E-state index in [1.807, 2.05) is 0 Å². The maximum atomic E-state index is 2.60. The Hall–Kier alpha value is -0.0800. The van der Waals surface area contributed by atoms with Crippen molar-refractivity contribution in [3.63, 3.8) is 0 Å². The molecule has 0 bridgehead atoms. The standard InChI is InChI=1S/C14H29N2/c1-12-7-8-14(15(12)3)9-11-16(4)10-5-6-13(16)2/h12-14H,5-11H2,1-4H3/q+1. The van der Waals surface area contributed by atoms with Crippen LogP contribution >= 0.6 is 0 Å². The largest absolute Gasteiger partial charge is 0.324 e. The quantitative estimate of drug-likeness (QED) is 0.667. The highest BCUT2D eigenvalue weighted by Gasteiger charge is 2.36. The molecular formula is C14H29N2+. The lowest BCUT2D eigenvalue weighted by atomic mass is 10.1. The van der Waals surface area contributed by atoms with Gasteiger partial charge in [0.2, 0.25) is 0 Å². The molecule has 2 heteroatoms. The van der Waals surface area contributed by atoms with Gasteiger partial charge in [0, 0.05) is 31.3 Å². The predicted octanol–water partition coefficient (Wildman–Crippen LogP) is 2.49. The molecule has 2 nitrogen and oxygen atoms in total. The number of likely N-dealkylation sites (tertiary alicyclic amines) is 2. The lowest BCUT2D eigenvalue weighted by Gasteiger charge is -2.36. The normalized spacial score (nSPS) is 45.4. The number of quaternary nitrogens is 1. The van der Waals surface area contributed by atoms with E-state index in [1.165, 1.54) is 49.7 Å². The van der Waals surface area contributed by atoms with Crippen LogP contribution in [0.25, 0.3) is 0 Å². The molecule has 4 unspecified atom stereocenters. The summed E-state index contributed by atoms with van der Waals surface area (Å²) in [5.74, 6) is 0. The Morgan fingerprint density at radius 1 is 1.19 bits per heavy atom. The van der Waals surface area contributed by atoms with Crippen molar-refractivity contribution in [2.75, 3.05) is 27.2 Å². The fourth-order valence-corrected chi connectivity index (χ4v) is 3.60. The molecular weight excluding hydrogens is 196 g/mol. The molecule has 2 heterocycles. The molecule has 2 saturated heterocycles. The highest BCUT2D eigenvalue weighted by atomic mass is 15.4. The van der Waals surface area contributed by atoms with Crippen molar-refractivity contribution in [1.29, 1.82) is 0 Å². The van der Waals surface area contributed by atoms with Crippen LogP contribution in [0.2, 0.25) is 0 Å². The number of nitrogens with zero attached hydrogens (tertiary/aromatic N) is 2. The Bertz CT molecular complexity index is 241. The van der Waals surface area contributed by atoms with Gasteiger partial charge in [0.25, 0.3) is 0 Å².